The molecule has 0 N–H and O–H groups in total. The van der Waals surface area contributed by atoms with E-state index in [4.69, 9.17) is 24.5 Å². The molecule has 0 aromatic carbocycles. The Labute approximate surface area is 160 Å². The van der Waals surface area contributed by atoms with E-state index in [1.807, 2.05) is 13.1 Å². The number of nitrogens with zero attached hydrogens (tertiary/aromatic N) is 6. The minimum absolute atomic E-state index is 0.331. The molecule has 1 fully saturated rings. The Morgan fingerprint density at radius 2 is 1.67 bits per heavy atom. The summed E-state index contributed by atoms with van der Waals surface area (Å²) in [7, 11) is 0. The van der Waals surface area contributed by atoms with E-state index in [1.165, 1.54) is 25.7 Å². The highest BCUT2D eigenvalue weighted by atomic mass is 16.5. The molecule has 1 aromatic rings. The highest BCUT2D eigenvalue weighted by Crippen LogP contribution is 2.15. The zero-order chi connectivity index (χ0) is 19.4. The number of aromatic nitrogens is 3. The van der Waals surface area contributed by atoms with Gasteiger partial charge in [0.05, 0.1) is 59.0 Å². The van der Waals surface area contributed by atoms with E-state index in [0.29, 0.717) is 65.9 Å². The molecule has 0 atom stereocenters. The number of azide groups is 1. The zero-order valence-electron chi connectivity index (χ0n) is 16.3. The van der Waals surface area contributed by atoms with Gasteiger partial charge in [0.15, 0.2) is 0 Å². The standard InChI is InChI=1S/C13H24N6O4.C4H8/c1-2-20-7-8-22-6-4-19-11-13(16-18-19)12-23-10-9-21-5-3-15-17-14;1-2-4-3-1/h11H,2-10,12H2,1H3;1-4H2. The first-order valence-corrected chi connectivity index (χ1v) is 9.57. The van der Waals surface area contributed by atoms with Crippen LogP contribution in [0.3, 0.4) is 0 Å². The van der Waals surface area contributed by atoms with Crippen molar-refractivity contribution in [3.63, 3.8) is 0 Å². The smallest absolute Gasteiger partial charge is 0.108 e. The van der Waals surface area contributed by atoms with Gasteiger partial charge in [-0.15, -0.1) is 5.10 Å². The topological polar surface area (TPSA) is 116 Å². The van der Waals surface area contributed by atoms with Crippen LogP contribution in [0.4, 0.5) is 0 Å². The molecule has 1 aliphatic carbocycles. The van der Waals surface area contributed by atoms with E-state index in [0.717, 1.165) is 5.69 Å². The van der Waals surface area contributed by atoms with Crippen LogP contribution < -0.4 is 0 Å². The lowest BCUT2D eigenvalue weighted by Gasteiger charge is -2.05. The van der Waals surface area contributed by atoms with Crippen LogP contribution in [0.25, 0.3) is 10.4 Å². The Morgan fingerprint density at radius 1 is 1.00 bits per heavy atom. The molecule has 0 saturated heterocycles. The molecule has 1 aliphatic rings. The molecular weight excluding hydrogens is 352 g/mol. The first-order chi connectivity index (χ1) is 13.4. The lowest BCUT2D eigenvalue weighted by Crippen LogP contribution is -2.10. The van der Waals surface area contributed by atoms with Gasteiger partial charge in [0.2, 0.25) is 0 Å². The Hall–Kier alpha value is -1.71. The number of ether oxygens (including phenoxy) is 4. The van der Waals surface area contributed by atoms with Crippen molar-refractivity contribution in [3.05, 3.63) is 22.3 Å². The third-order valence-corrected chi connectivity index (χ3v) is 3.65. The second-order valence-corrected chi connectivity index (χ2v) is 5.82. The van der Waals surface area contributed by atoms with Gasteiger partial charge in [-0.2, -0.15) is 0 Å². The summed E-state index contributed by atoms with van der Waals surface area (Å²) >= 11 is 0. The number of rotatable bonds is 15. The predicted octanol–water partition coefficient (Wildman–Crippen LogP) is 2.74. The van der Waals surface area contributed by atoms with Gasteiger partial charge < -0.3 is 18.9 Å². The van der Waals surface area contributed by atoms with Crippen molar-refractivity contribution in [2.24, 2.45) is 5.11 Å². The van der Waals surface area contributed by atoms with Gasteiger partial charge in [0.1, 0.15) is 5.69 Å². The van der Waals surface area contributed by atoms with Crippen molar-refractivity contribution in [2.45, 2.75) is 45.8 Å². The van der Waals surface area contributed by atoms with Gasteiger partial charge in [-0.25, -0.2) is 4.68 Å². The largest absolute Gasteiger partial charge is 0.379 e. The Morgan fingerprint density at radius 3 is 2.33 bits per heavy atom. The number of hydrogen-bond donors (Lipinski definition) is 0. The van der Waals surface area contributed by atoms with Crippen molar-refractivity contribution in [3.8, 4) is 0 Å². The lowest BCUT2D eigenvalue weighted by atomic mass is 10.0. The third-order valence-electron chi connectivity index (χ3n) is 3.65. The van der Waals surface area contributed by atoms with Gasteiger partial charge >= 0.3 is 0 Å². The lowest BCUT2D eigenvalue weighted by molar-refractivity contribution is 0.0421. The van der Waals surface area contributed by atoms with E-state index >= 15 is 0 Å². The fourth-order valence-corrected chi connectivity index (χ4v) is 1.83. The van der Waals surface area contributed by atoms with Gasteiger partial charge in [-0.3, -0.25) is 0 Å². The van der Waals surface area contributed by atoms with E-state index < -0.39 is 0 Å². The van der Waals surface area contributed by atoms with E-state index in [9.17, 15) is 0 Å². The van der Waals surface area contributed by atoms with Gasteiger partial charge in [-0.05, 0) is 12.5 Å². The SMILES string of the molecule is C1CCC1.CCOCCOCCn1cc(COCCOCCN=[N+]=[N-])nn1. The highest BCUT2D eigenvalue weighted by Gasteiger charge is 2.01. The molecule has 0 aliphatic heterocycles. The molecule has 0 spiro atoms. The molecule has 10 heteroatoms. The quantitative estimate of drug-likeness (QED) is 0.199. The van der Waals surface area contributed by atoms with Crippen LogP contribution in [0, 0.1) is 0 Å². The first-order valence-electron chi connectivity index (χ1n) is 9.57. The highest BCUT2D eigenvalue weighted by molar-refractivity contribution is 4.89. The van der Waals surface area contributed by atoms with E-state index in [2.05, 4.69) is 20.3 Å². The molecule has 1 saturated carbocycles. The summed E-state index contributed by atoms with van der Waals surface area (Å²) in [5.74, 6) is 0. The van der Waals surface area contributed by atoms with Crippen LogP contribution >= 0.6 is 0 Å². The maximum Gasteiger partial charge on any atom is 0.108 e. The van der Waals surface area contributed by atoms with Crippen LogP contribution in [0.5, 0.6) is 0 Å². The summed E-state index contributed by atoms with van der Waals surface area (Å²) in [5.41, 5.74) is 8.85. The van der Waals surface area contributed by atoms with Crippen molar-refractivity contribution in [2.75, 3.05) is 52.8 Å². The summed E-state index contributed by atoms with van der Waals surface area (Å²) in [6, 6.07) is 0. The monoisotopic (exact) mass is 384 g/mol. The molecule has 10 nitrogen and oxygen atoms in total. The number of hydrogen-bond acceptors (Lipinski definition) is 7. The van der Waals surface area contributed by atoms with Crippen LogP contribution in [0.1, 0.15) is 38.3 Å². The van der Waals surface area contributed by atoms with E-state index in [1.54, 1.807) is 4.68 Å². The minimum Gasteiger partial charge on any atom is -0.379 e. The molecule has 1 aromatic heterocycles. The summed E-state index contributed by atoms with van der Waals surface area (Å²) in [5, 5.41) is 11.4. The Balaban J connectivity index is 0.000000800. The summed E-state index contributed by atoms with van der Waals surface area (Å²) in [6.45, 7) is 7.05. The molecule has 2 rings (SSSR count). The van der Waals surface area contributed by atoms with E-state index in [-0.39, 0.29) is 0 Å². The Kier molecular flexibility index (Phi) is 15.3. The fourth-order valence-electron chi connectivity index (χ4n) is 1.83. The second kappa shape index (κ2) is 17.7. The first kappa shape index (κ1) is 23.3. The van der Waals surface area contributed by atoms with Crippen molar-refractivity contribution >= 4 is 0 Å². The fraction of sp³-hybridized carbons (Fsp3) is 0.882. The van der Waals surface area contributed by atoms with Crippen LogP contribution in [0.2, 0.25) is 0 Å². The van der Waals surface area contributed by atoms with Gasteiger partial charge in [0.25, 0.3) is 0 Å². The van der Waals surface area contributed by atoms with Gasteiger partial charge in [0, 0.05) is 18.1 Å². The van der Waals surface area contributed by atoms with Crippen LogP contribution in [0.15, 0.2) is 11.3 Å². The average molecular weight is 384 g/mol. The van der Waals surface area contributed by atoms with Crippen LogP contribution in [-0.2, 0) is 32.1 Å². The Bertz CT molecular complexity index is 499. The summed E-state index contributed by atoms with van der Waals surface area (Å²) in [6.07, 6.45) is 7.83. The van der Waals surface area contributed by atoms with Crippen LogP contribution in [-0.4, -0.2) is 67.8 Å². The van der Waals surface area contributed by atoms with Crippen molar-refractivity contribution in [1.82, 2.24) is 15.0 Å². The molecule has 0 radical (unpaired) electrons. The molecule has 0 amide bonds. The summed E-state index contributed by atoms with van der Waals surface area (Å²) in [4.78, 5) is 2.63. The average Bonchev–Trinajstić information content (AvgIpc) is 3.06. The maximum absolute atomic E-state index is 8.09. The normalized spacial score (nSPS) is 12.6. The zero-order valence-corrected chi connectivity index (χ0v) is 16.3. The molecule has 0 bridgehead atoms. The second-order valence-electron chi connectivity index (χ2n) is 5.82. The molecule has 1 heterocycles. The summed E-state index contributed by atoms with van der Waals surface area (Å²) < 4.78 is 22.9. The minimum atomic E-state index is 0.331. The van der Waals surface area contributed by atoms with Gasteiger partial charge in [-0.1, -0.05) is 36.0 Å². The predicted molar refractivity (Wildman–Crippen MR) is 100 cm³/mol. The molecule has 0 unspecified atom stereocenters. The molecule has 27 heavy (non-hydrogen) atoms. The van der Waals surface area contributed by atoms with Crippen molar-refractivity contribution in [1.29, 1.82) is 0 Å². The third kappa shape index (κ3) is 14.1. The van der Waals surface area contributed by atoms with Crippen molar-refractivity contribution < 1.29 is 18.9 Å². The molecule has 154 valence electrons. The molecular formula is C17H32N6O4. The maximum atomic E-state index is 8.09.